The highest BCUT2D eigenvalue weighted by molar-refractivity contribution is 7.21. The molecule has 1 N–H and O–H groups in total. The van der Waals surface area contributed by atoms with Gasteiger partial charge in [0.05, 0.1) is 23.9 Å². The first-order chi connectivity index (χ1) is 19.5. The third kappa shape index (κ3) is 6.14. The van der Waals surface area contributed by atoms with Crippen molar-refractivity contribution in [1.29, 1.82) is 0 Å². The molecule has 0 saturated heterocycles. The number of amides is 1. The zero-order valence-corrected chi connectivity index (χ0v) is 22.9. The first-order valence-corrected chi connectivity index (χ1v) is 13.4. The fourth-order valence-corrected chi connectivity index (χ4v) is 5.27. The maximum absolute atomic E-state index is 12.9. The maximum atomic E-state index is 12.9. The number of esters is 1. The van der Waals surface area contributed by atoms with Gasteiger partial charge in [-0.25, -0.2) is 10.2 Å². The highest BCUT2D eigenvalue weighted by atomic mass is 35.5. The Hall–Kier alpha value is -4.66. The number of para-hydroxylation sites is 1. The number of halogens is 1. The van der Waals surface area contributed by atoms with Gasteiger partial charge in [0.1, 0.15) is 17.2 Å². The summed E-state index contributed by atoms with van der Waals surface area (Å²) >= 11 is 7.68. The van der Waals surface area contributed by atoms with E-state index < -0.39 is 11.9 Å². The lowest BCUT2D eigenvalue weighted by molar-refractivity contribution is 0.0734. The molecule has 0 unspecified atom stereocenters. The summed E-state index contributed by atoms with van der Waals surface area (Å²) in [4.78, 5) is 26.0. The van der Waals surface area contributed by atoms with Crippen molar-refractivity contribution >= 4 is 51.1 Å². The van der Waals surface area contributed by atoms with Crippen LogP contribution in [-0.4, -0.2) is 25.2 Å². The summed E-state index contributed by atoms with van der Waals surface area (Å²) in [5, 5.41) is 5.22. The highest BCUT2D eigenvalue weighted by Gasteiger charge is 2.20. The van der Waals surface area contributed by atoms with Gasteiger partial charge < -0.3 is 14.2 Å². The molecule has 1 amide bonds. The van der Waals surface area contributed by atoms with Crippen LogP contribution in [0.15, 0.2) is 102 Å². The lowest BCUT2D eigenvalue weighted by Crippen LogP contribution is -2.18. The first-order valence-electron chi connectivity index (χ1n) is 12.2. The summed E-state index contributed by atoms with van der Waals surface area (Å²) in [6.07, 6.45) is 1.46. The van der Waals surface area contributed by atoms with Crippen molar-refractivity contribution in [3.05, 3.63) is 124 Å². The number of nitrogens with one attached hydrogen (secondary N) is 1. The second-order valence-corrected chi connectivity index (χ2v) is 9.94. The van der Waals surface area contributed by atoms with E-state index in [0.717, 1.165) is 15.6 Å². The predicted octanol–water partition coefficient (Wildman–Crippen LogP) is 7.13. The molecule has 0 bridgehead atoms. The molecule has 0 fully saturated rings. The summed E-state index contributed by atoms with van der Waals surface area (Å²) < 4.78 is 17.8. The van der Waals surface area contributed by atoms with E-state index >= 15 is 0 Å². The van der Waals surface area contributed by atoms with Crippen molar-refractivity contribution in [1.82, 2.24) is 5.43 Å². The third-order valence-electron chi connectivity index (χ3n) is 5.86. The van der Waals surface area contributed by atoms with Crippen LogP contribution in [0.5, 0.6) is 17.2 Å². The lowest BCUT2D eigenvalue weighted by Gasteiger charge is -2.11. The summed E-state index contributed by atoms with van der Waals surface area (Å²) in [7, 11) is 1.47. The minimum absolute atomic E-state index is 0.228. The molecule has 0 radical (unpaired) electrons. The number of ether oxygens (including phenoxy) is 3. The second-order valence-electron chi connectivity index (χ2n) is 8.51. The maximum Gasteiger partial charge on any atom is 0.355 e. The van der Waals surface area contributed by atoms with Gasteiger partial charge in [-0.3, -0.25) is 4.79 Å². The summed E-state index contributed by atoms with van der Waals surface area (Å²) in [6, 6.07) is 29.1. The minimum atomic E-state index is -0.577. The van der Waals surface area contributed by atoms with E-state index in [9.17, 15) is 9.59 Å². The standard InChI is InChI=1S/C31H23ClN2O5S/c1-37-26-17-21(15-16-25(26)39-31(36)29-28(32)23-12-6-8-14-27(23)40-29)18-33-34-30(35)22-11-5-7-13-24(22)38-19-20-9-3-2-4-10-20/h2-18H,19H2,1H3,(H,34,35)/b33-18-. The summed E-state index contributed by atoms with van der Waals surface area (Å²) in [6.45, 7) is 0.334. The van der Waals surface area contributed by atoms with Crippen LogP contribution in [0, 0.1) is 0 Å². The number of thiophene rings is 1. The largest absolute Gasteiger partial charge is 0.493 e. The van der Waals surface area contributed by atoms with Gasteiger partial charge >= 0.3 is 5.97 Å². The quantitative estimate of drug-likeness (QED) is 0.0882. The molecular weight excluding hydrogens is 548 g/mol. The molecule has 200 valence electrons. The fourth-order valence-electron chi connectivity index (χ4n) is 3.88. The number of rotatable bonds is 9. The first kappa shape index (κ1) is 26.9. The Morgan fingerprint density at radius 1 is 0.900 bits per heavy atom. The van der Waals surface area contributed by atoms with Crippen molar-refractivity contribution in [3.63, 3.8) is 0 Å². The van der Waals surface area contributed by atoms with Gasteiger partial charge in [-0.05, 0) is 47.5 Å². The number of methoxy groups -OCH3 is 1. The zero-order chi connectivity index (χ0) is 27.9. The highest BCUT2D eigenvalue weighted by Crippen LogP contribution is 2.37. The number of hydrogen-bond donors (Lipinski definition) is 1. The minimum Gasteiger partial charge on any atom is -0.493 e. The number of hydrogen-bond acceptors (Lipinski definition) is 7. The van der Waals surface area contributed by atoms with Crippen LogP contribution in [0.25, 0.3) is 10.1 Å². The van der Waals surface area contributed by atoms with Gasteiger partial charge in [-0.2, -0.15) is 5.10 Å². The van der Waals surface area contributed by atoms with Crippen LogP contribution >= 0.6 is 22.9 Å². The van der Waals surface area contributed by atoms with E-state index in [4.69, 9.17) is 25.8 Å². The molecule has 7 nitrogen and oxygen atoms in total. The van der Waals surface area contributed by atoms with E-state index in [1.54, 1.807) is 42.5 Å². The van der Waals surface area contributed by atoms with Crippen molar-refractivity contribution in [2.24, 2.45) is 5.10 Å². The number of nitrogens with zero attached hydrogens (tertiary/aromatic N) is 1. The fraction of sp³-hybridized carbons (Fsp3) is 0.0645. The average molecular weight is 571 g/mol. The Bertz CT molecular complexity index is 1700. The van der Waals surface area contributed by atoms with Crippen LogP contribution in [0.1, 0.15) is 31.2 Å². The van der Waals surface area contributed by atoms with E-state index in [-0.39, 0.29) is 5.75 Å². The molecule has 0 aliphatic carbocycles. The molecule has 5 aromatic rings. The van der Waals surface area contributed by atoms with Gasteiger partial charge in [-0.1, -0.05) is 72.3 Å². The van der Waals surface area contributed by atoms with Crippen LogP contribution in [0.4, 0.5) is 0 Å². The molecule has 4 aromatic carbocycles. The van der Waals surface area contributed by atoms with Crippen molar-refractivity contribution < 1.29 is 23.8 Å². The monoisotopic (exact) mass is 570 g/mol. The second kappa shape index (κ2) is 12.5. The topological polar surface area (TPSA) is 86.2 Å². The summed E-state index contributed by atoms with van der Waals surface area (Å²) in [5.41, 5.74) is 4.49. The van der Waals surface area contributed by atoms with Crippen molar-refractivity contribution in [3.8, 4) is 17.2 Å². The van der Waals surface area contributed by atoms with E-state index in [1.807, 2.05) is 54.6 Å². The summed E-state index contributed by atoms with van der Waals surface area (Å²) in [5.74, 6) is 0.00168. The molecule has 0 saturated carbocycles. The SMILES string of the molecule is COc1cc(/C=N\NC(=O)c2ccccc2OCc2ccccc2)ccc1OC(=O)c1sc2ccccc2c1Cl. The Balaban J connectivity index is 1.24. The Labute approximate surface area is 239 Å². The van der Waals surface area contributed by atoms with E-state index in [1.165, 1.54) is 24.7 Å². The number of carbonyl (C=O) groups excluding carboxylic acids is 2. The predicted molar refractivity (Wildman–Crippen MR) is 157 cm³/mol. The molecule has 0 atom stereocenters. The van der Waals surface area contributed by atoms with Gasteiger partial charge in [-0.15, -0.1) is 11.3 Å². The molecule has 1 heterocycles. The number of hydrazone groups is 1. The lowest BCUT2D eigenvalue weighted by atomic mass is 10.2. The van der Waals surface area contributed by atoms with Gasteiger partial charge in [0.25, 0.3) is 5.91 Å². The molecule has 0 aliphatic heterocycles. The molecule has 5 rings (SSSR count). The number of benzene rings is 4. The number of fused-ring (bicyclic) bond motifs is 1. The Kier molecular flexibility index (Phi) is 8.39. The van der Waals surface area contributed by atoms with Crippen LogP contribution in [0.2, 0.25) is 5.02 Å². The Morgan fingerprint density at radius 3 is 2.45 bits per heavy atom. The van der Waals surface area contributed by atoms with Crippen LogP contribution in [0.3, 0.4) is 0 Å². The molecule has 9 heteroatoms. The zero-order valence-electron chi connectivity index (χ0n) is 21.3. The van der Waals surface area contributed by atoms with Crippen LogP contribution < -0.4 is 19.6 Å². The van der Waals surface area contributed by atoms with Crippen molar-refractivity contribution in [2.75, 3.05) is 7.11 Å². The number of carbonyl (C=O) groups is 2. The normalized spacial score (nSPS) is 10.9. The van der Waals surface area contributed by atoms with Gasteiger partial charge in [0, 0.05) is 10.1 Å². The van der Waals surface area contributed by atoms with Crippen LogP contribution in [-0.2, 0) is 6.61 Å². The van der Waals surface area contributed by atoms with E-state index in [2.05, 4.69) is 10.5 Å². The molecule has 40 heavy (non-hydrogen) atoms. The molecule has 0 spiro atoms. The molecule has 1 aromatic heterocycles. The van der Waals surface area contributed by atoms with Crippen molar-refractivity contribution in [2.45, 2.75) is 6.61 Å². The van der Waals surface area contributed by atoms with Gasteiger partial charge in [0.2, 0.25) is 0 Å². The Morgan fingerprint density at radius 2 is 1.65 bits per heavy atom. The van der Waals surface area contributed by atoms with Gasteiger partial charge in [0.15, 0.2) is 11.5 Å². The average Bonchev–Trinajstić information content (AvgIpc) is 3.33. The van der Waals surface area contributed by atoms with E-state index in [0.29, 0.717) is 39.1 Å². The molecular formula is C31H23ClN2O5S. The molecule has 0 aliphatic rings. The third-order valence-corrected chi connectivity index (χ3v) is 7.51. The smallest absolute Gasteiger partial charge is 0.355 e.